The highest BCUT2D eigenvalue weighted by Crippen LogP contribution is 2.17. The first kappa shape index (κ1) is 10.4. The first-order valence-corrected chi connectivity index (χ1v) is 6.28. The number of hydrogen-bond acceptors (Lipinski definition) is 2. The van der Waals surface area contributed by atoms with Gasteiger partial charge in [0.1, 0.15) is 0 Å². The van der Waals surface area contributed by atoms with Gasteiger partial charge in [0.15, 0.2) is 0 Å². The van der Waals surface area contributed by atoms with Crippen LogP contribution >= 0.6 is 11.8 Å². The predicted octanol–water partition coefficient (Wildman–Crippen LogP) is 3.09. The van der Waals surface area contributed by atoms with E-state index in [1.165, 1.54) is 43.6 Å². The third-order valence-corrected chi connectivity index (χ3v) is 3.28. The minimum absolute atomic E-state index is 0.616. The van der Waals surface area contributed by atoms with Crippen molar-refractivity contribution in [2.45, 2.75) is 45.1 Å². The van der Waals surface area contributed by atoms with Crippen LogP contribution in [0.1, 0.15) is 39.0 Å². The molecule has 0 bridgehead atoms. The van der Waals surface area contributed by atoms with Crippen LogP contribution in [0.25, 0.3) is 0 Å². The predicted molar refractivity (Wildman–Crippen MR) is 55.8 cm³/mol. The van der Waals surface area contributed by atoms with E-state index < -0.39 is 0 Å². The molecular formula is C10H20OS. The molecule has 0 radical (unpaired) electrons. The van der Waals surface area contributed by atoms with Crippen LogP contribution < -0.4 is 0 Å². The molecule has 0 spiro atoms. The quantitative estimate of drug-likeness (QED) is 0.429. The lowest BCUT2D eigenvalue weighted by Gasteiger charge is -1.99. The van der Waals surface area contributed by atoms with Crippen molar-refractivity contribution in [2.24, 2.45) is 0 Å². The molecule has 0 N–H and O–H groups in total. The Balaban J connectivity index is 1.65. The zero-order chi connectivity index (χ0) is 8.65. The molecule has 1 unspecified atom stereocenters. The minimum Gasteiger partial charge on any atom is -0.372 e. The maximum absolute atomic E-state index is 5.13. The van der Waals surface area contributed by atoms with Gasteiger partial charge in [-0.15, -0.1) is 0 Å². The molecule has 1 fully saturated rings. The maximum atomic E-state index is 5.13. The number of unbranched alkanes of at least 4 members (excludes halogenated alkanes) is 4. The number of hydrogen-bond donors (Lipinski definition) is 0. The molecule has 1 heterocycles. The molecule has 0 aromatic carbocycles. The highest BCUT2D eigenvalue weighted by atomic mass is 32.2. The Morgan fingerprint density at radius 2 is 2.00 bits per heavy atom. The molecule has 0 amide bonds. The fraction of sp³-hybridized carbons (Fsp3) is 1.00. The van der Waals surface area contributed by atoms with E-state index in [0.717, 1.165) is 6.61 Å². The van der Waals surface area contributed by atoms with E-state index in [2.05, 4.69) is 18.7 Å². The molecule has 12 heavy (non-hydrogen) atoms. The van der Waals surface area contributed by atoms with Crippen LogP contribution in [0.5, 0.6) is 0 Å². The van der Waals surface area contributed by atoms with Crippen molar-refractivity contribution in [2.75, 3.05) is 18.1 Å². The van der Waals surface area contributed by atoms with Gasteiger partial charge in [-0.05, 0) is 12.2 Å². The van der Waals surface area contributed by atoms with Gasteiger partial charge in [0.05, 0.1) is 12.7 Å². The van der Waals surface area contributed by atoms with Crippen LogP contribution in [0, 0.1) is 0 Å². The SMILES string of the molecule is CCCCCCCSCC1CO1. The zero-order valence-electron chi connectivity index (χ0n) is 8.05. The molecule has 1 aliphatic rings. The van der Waals surface area contributed by atoms with Crippen LogP contribution in [0.3, 0.4) is 0 Å². The monoisotopic (exact) mass is 188 g/mol. The normalized spacial score (nSPS) is 21.2. The van der Waals surface area contributed by atoms with E-state index in [-0.39, 0.29) is 0 Å². The van der Waals surface area contributed by atoms with Crippen LogP contribution in [-0.2, 0) is 4.74 Å². The summed E-state index contributed by atoms with van der Waals surface area (Å²) in [5.74, 6) is 2.57. The Labute approximate surface area is 80.3 Å². The van der Waals surface area contributed by atoms with Gasteiger partial charge in [-0.1, -0.05) is 32.6 Å². The minimum atomic E-state index is 0.616. The topological polar surface area (TPSA) is 12.5 Å². The summed E-state index contributed by atoms with van der Waals surface area (Å²) in [5.41, 5.74) is 0. The molecule has 72 valence electrons. The third-order valence-electron chi connectivity index (χ3n) is 2.10. The third kappa shape index (κ3) is 5.90. The van der Waals surface area contributed by atoms with E-state index in [0.29, 0.717) is 6.10 Å². The number of epoxide rings is 1. The van der Waals surface area contributed by atoms with Gasteiger partial charge < -0.3 is 4.74 Å². The summed E-state index contributed by atoms with van der Waals surface area (Å²) in [7, 11) is 0. The van der Waals surface area contributed by atoms with Crippen molar-refractivity contribution >= 4 is 11.8 Å². The lowest BCUT2D eigenvalue weighted by Crippen LogP contribution is -1.91. The first-order valence-electron chi connectivity index (χ1n) is 5.13. The standard InChI is InChI=1S/C10H20OS/c1-2-3-4-5-6-7-12-9-10-8-11-10/h10H,2-9H2,1H3. The molecule has 1 atom stereocenters. The second-order valence-electron chi connectivity index (χ2n) is 3.44. The summed E-state index contributed by atoms with van der Waals surface area (Å²) in [5, 5.41) is 0. The van der Waals surface area contributed by atoms with E-state index in [1.54, 1.807) is 0 Å². The highest BCUT2D eigenvalue weighted by molar-refractivity contribution is 7.99. The summed E-state index contributed by atoms with van der Waals surface area (Å²) in [6.45, 7) is 3.28. The summed E-state index contributed by atoms with van der Waals surface area (Å²) in [6.07, 6.45) is 7.63. The fourth-order valence-electron chi connectivity index (χ4n) is 1.19. The van der Waals surface area contributed by atoms with Crippen molar-refractivity contribution < 1.29 is 4.74 Å². The number of thioether (sulfide) groups is 1. The smallest absolute Gasteiger partial charge is 0.0900 e. The van der Waals surface area contributed by atoms with Gasteiger partial charge in [0, 0.05) is 5.75 Å². The summed E-state index contributed by atoms with van der Waals surface area (Å²) >= 11 is 2.06. The van der Waals surface area contributed by atoms with Crippen molar-refractivity contribution in [1.29, 1.82) is 0 Å². The second kappa shape index (κ2) is 6.79. The van der Waals surface area contributed by atoms with Crippen LogP contribution in [0.4, 0.5) is 0 Å². The average molecular weight is 188 g/mol. The molecule has 1 aliphatic heterocycles. The van der Waals surface area contributed by atoms with Crippen molar-refractivity contribution in [3.05, 3.63) is 0 Å². The van der Waals surface area contributed by atoms with Gasteiger partial charge >= 0.3 is 0 Å². The van der Waals surface area contributed by atoms with Crippen LogP contribution in [0.2, 0.25) is 0 Å². The zero-order valence-corrected chi connectivity index (χ0v) is 8.87. The van der Waals surface area contributed by atoms with Gasteiger partial charge in [-0.25, -0.2) is 0 Å². The number of rotatable bonds is 8. The highest BCUT2D eigenvalue weighted by Gasteiger charge is 2.21. The van der Waals surface area contributed by atoms with Crippen molar-refractivity contribution in [3.8, 4) is 0 Å². The first-order chi connectivity index (χ1) is 5.93. The van der Waals surface area contributed by atoms with Gasteiger partial charge in [0.2, 0.25) is 0 Å². The van der Waals surface area contributed by atoms with Gasteiger partial charge in [-0.3, -0.25) is 0 Å². The second-order valence-corrected chi connectivity index (χ2v) is 4.59. The number of ether oxygens (including phenoxy) is 1. The average Bonchev–Trinajstić information content (AvgIpc) is 2.87. The molecule has 0 aromatic rings. The van der Waals surface area contributed by atoms with Crippen LogP contribution in [-0.4, -0.2) is 24.2 Å². The molecule has 0 aliphatic carbocycles. The Morgan fingerprint density at radius 1 is 1.25 bits per heavy atom. The van der Waals surface area contributed by atoms with E-state index in [1.807, 2.05) is 0 Å². The molecule has 1 rings (SSSR count). The van der Waals surface area contributed by atoms with E-state index >= 15 is 0 Å². The Morgan fingerprint density at radius 3 is 2.67 bits per heavy atom. The van der Waals surface area contributed by atoms with Crippen molar-refractivity contribution in [1.82, 2.24) is 0 Å². The van der Waals surface area contributed by atoms with E-state index in [4.69, 9.17) is 4.74 Å². The van der Waals surface area contributed by atoms with Gasteiger partial charge in [0.25, 0.3) is 0 Å². The summed E-state index contributed by atoms with van der Waals surface area (Å²) in [4.78, 5) is 0. The summed E-state index contributed by atoms with van der Waals surface area (Å²) in [6, 6.07) is 0. The molecular weight excluding hydrogens is 168 g/mol. The van der Waals surface area contributed by atoms with Gasteiger partial charge in [-0.2, -0.15) is 11.8 Å². The fourth-order valence-corrected chi connectivity index (χ4v) is 2.22. The maximum Gasteiger partial charge on any atom is 0.0900 e. The Bertz CT molecular complexity index is 102. The van der Waals surface area contributed by atoms with Crippen molar-refractivity contribution in [3.63, 3.8) is 0 Å². The lowest BCUT2D eigenvalue weighted by molar-refractivity contribution is 0.426. The Hall–Kier alpha value is 0.310. The summed E-state index contributed by atoms with van der Waals surface area (Å²) < 4.78 is 5.13. The molecule has 2 heteroatoms. The molecule has 0 aromatic heterocycles. The molecule has 1 nitrogen and oxygen atoms in total. The molecule has 1 saturated heterocycles. The lowest BCUT2D eigenvalue weighted by atomic mass is 10.2. The largest absolute Gasteiger partial charge is 0.372 e. The van der Waals surface area contributed by atoms with Crippen LogP contribution in [0.15, 0.2) is 0 Å². The molecule has 0 saturated carbocycles. The van der Waals surface area contributed by atoms with E-state index in [9.17, 15) is 0 Å². The Kier molecular flexibility index (Phi) is 5.88.